The van der Waals surface area contributed by atoms with Crippen molar-refractivity contribution in [1.82, 2.24) is 0 Å². The number of benzene rings is 2. The first-order valence-electron chi connectivity index (χ1n) is 7.99. The molecule has 1 unspecified atom stereocenters. The lowest BCUT2D eigenvalue weighted by Gasteiger charge is -2.17. The number of para-hydroxylation sites is 1. The molecule has 1 N–H and O–H groups in total. The first-order valence-corrected chi connectivity index (χ1v) is 7.99. The van der Waals surface area contributed by atoms with Gasteiger partial charge in [0.25, 0.3) is 11.6 Å². The number of carbonyl (C=O) groups is 1. The average Bonchev–Trinajstić information content (AvgIpc) is 2.61. The molecule has 0 aliphatic rings. The summed E-state index contributed by atoms with van der Waals surface area (Å²) in [5.74, 6) is 0.490. The van der Waals surface area contributed by atoms with E-state index in [2.05, 4.69) is 5.32 Å². The largest absolute Gasteiger partial charge is 0.494 e. The van der Waals surface area contributed by atoms with E-state index in [1.54, 1.807) is 44.2 Å². The molecule has 0 aliphatic heterocycles. The first kappa shape index (κ1) is 18.3. The van der Waals surface area contributed by atoms with Crippen LogP contribution in [-0.2, 0) is 4.79 Å². The second-order valence-corrected chi connectivity index (χ2v) is 5.19. The molecule has 0 radical (unpaired) electrons. The Morgan fingerprint density at radius 2 is 1.88 bits per heavy atom. The van der Waals surface area contributed by atoms with Crippen LogP contribution in [0.4, 0.5) is 11.4 Å². The summed E-state index contributed by atoms with van der Waals surface area (Å²) < 4.78 is 10.9. The number of ether oxygens (including phenoxy) is 2. The molecule has 0 saturated heterocycles. The van der Waals surface area contributed by atoms with Gasteiger partial charge >= 0.3 is 0 Å². The molecule has 1 amide bonds. The Bertz CT molecular complexity index is 734. The molecule has 2 aromatic rings. The topological polar surface area (TPSA) is 90.7 Å². The number of nitrogens with zero attached hydrogens (tertiary/aromatic N) is 1. The Kier molecular flexibility index (Phi) is 6.33. The lowest BCUT2D eigenvalue weighted by atomic mass is 10.2. The van der Waals surface area contributed by atoms with Gasteiger partial charge in [0.1, 0.15) is 17.2 Å². The zero-order valence-corrected chi connectivity index (χ0v) is 14.1. The minimum Gasteiger partial charge on any atom is -0.494 e. The molecule has 132 valence electrons. The van der Waals surface area contributed by atoms with Gasteiger partial charge < -0.3 is 14.8 Å². The van der Waals surface area contributed by atoms with E-state index in [1.165, 1.54) is 12.1 Å². The van der Waals surface area contributed by atoms with Gasteiger partial charge in [-0.1, -0.05) is 25.1 Å². The highest BCUT2D eigenvalue weighted by atomic mass is 16.6. The SMILES string of the molecule is CCOc1ccc(NC(=O)C(CC)Oc2ccccc2)c([N+](=O)[O-])c1. The van der Waals surface area contributed by atoms with Gasteiger partial charge in [0, 0.05) is 0 Å². The molecule has 2 rings (SSSR count). The Morgan fingerprint density at radius 3 is 2.48 bits per heavy atom. The van der Waals surface area contributed by atoms with E-state index in [9.17, 15) is 14.9 Å². The number of nitro benzene ring substituents is 1. The Morgan fingerprint density at radius 1 is 1.16 bits per heavy atom. The van der Waals surface area contributed by atoms with Crippen molar-refractivity contribution in [3.05, 3.63) is 58.6 Å². The number of carbonyl (C=O) groups excluding carboxylic acids is 1. The van der Waals surface area contributed by atoms with Gasteiger partial charge in [0.05, 0.1) is 17.6 Å². The number of amides is 1. The van der Waals surface area contributed by atoms with Crippen LogP contribution in [0.5, 0.6) is 11.5 Å². The van der Waals surface area contributed by atoms with Crippen molar-refractivity contribution in [3.63, 3.8) is 0 Å². The van der Waals surface area contributed by atoms with Crippen molar-refractivity contribution in [2.75, 3.05) is 11.9 Å². The second kappa shape index (κ2) is 8.68. The van der Waals surface area contributed by atoms with Crippen molar-refractivity contribution < 1.29 is 19.2 Å². The lowest BCUT2D eigenvalue weighted by molar-refractivity contribution is -0.384. The molecule has 25 heavy (non-hydrogen) atoms. The highest BCUT2D eigenvalue weighted by Crippen LogP contribution is 2.29. The van der Waals surface area contributed by atoms with Gasteiger partial charge in [-0.3, -0.25) is 14.9 Å². The summed E-state index contributed by atoms with van der Waals surface area (Å²) in [6.45, 7) is 3.99. The fraction of sp³-hybridized carbons (Fsp3) is 0.278. The quantitative estimate of drug-likeness (QED) is 0.581. The molecule has 0 saturated carbocycles. The number of rotatable bonds is 8. The summed E-state index contributed by atoms with van der Waals surface area (Å²) in [7, 11) is 0. The molecule has 0 heterocycles. The summed E-state index contributed by atoms with van der Waals surface area (Å²) >= 11 is 0. The minimum absolute atomic E-state index is 0.105. The summed E-state index contributed by atoms with van der Waals surface area (Å²) in [6, 6.07) is 13.3. The third kappa shape index (κ3) is 4.94. The van der Waals surface area contributed by atoms with E-state index in [4.69, 9.17) is 9.47 Å². The first-order chi connectivity index (χ1) is 12.0. The molecule has 2 aromatic carbocycles. The van der Waals surface area contributed by atoms with Crippen LogP contribution in [0.3, 0.4) is 0 Å². The highest BCUT2D eigenvalue weighted by molar-refractivity contribution is 5.96. The van der Waals surface area contributed by atoms with E-state index in [0.29, 0.717) is 24.5 Å². The highest BCUT2D eigenvalue weighted by Gasteiger charge is 2.23. The number of nitro groups is 1. The standard InChI is InChI=1S/C18H20N2O5/c1-3-17(25-13-8-6-5-7-9-13)18(21)19-15-11-10-14(24-4-2)12-16(15)20(22)23/h5-12,17H,3-4H2,1-2H3,(H,19,21). The monoisotopic (exact) mass is 344 g/mol. The zero-order chi connectivity index (χ0) is 18.2. The van der Waals surface area contributed by atoms with E-state index in [0.717, 1.165) is 0 Å². The van der Waals surface area contributed by atoms with Crippen LogP contribution in [0.15, 0.2) is 48.5 Å². The van der Waals surface area contributed by atoms with Crippen LogP contribution in [0.1, 0.15) is 20.3 Å². The molecule has 0 spiro atoms. The van der Waals surface area contributed by atoms with Crippen LogP contribution >= 0.6 is 0 Å². The van der Waals surface area contributed by atoms with Crippen molar-refractivity contribution in [1.29, 1.82) is 0 Å². The molecule has 0 fully saturated rings. The summed E-state index contributed by atoms with van der Waals surface area (Å²) in [6.07, 6.45) is -0.334. The van der Waals surface area contributed by atoms with Crippen molar-refractivity contribution >= 4 is 17.3 Å². The fourth-order valence-corrected chi connectivity index (χ4v) is 2.22. The van der Waals surface area contributed by atoms with Crippen LogP contribution < -0.4 is 14.8 Å². The predicted octanol–water partition coefficient (Wildman–Crippen LogP) is 3.79. The predicted molar refractivity (Wildman–Crippen MR) is 94.0 cm³/mol. The minimum atomic E-state index is -0.756. The van der Waals surface area contributed by atoms with Gasteiger partial charge in [0.2, 0.25) is 0 Å². The Labute approximate surface area is 145 Å². The summed E-state index contributed by atoms with van der Waals surface area (Å²) in [5, 5.41) is 13.8. The van der Waals surface area contributed by atoms with E-state index in [1.807, 2.05) is 6.07 Å². The number of nitrogens with one attached hydrogen (secondary N) is 1. The smallest absolute Gasteiger partial charge is 0.296 e. The molecule has 1 atom stereocenters. The summed E-state index contributed by atoms with van der Waals surface area (Å²) in [5.41, 5.74) is -0.123. The number of anilines is 1. The number of hydrogen-bond donors (Lipinski definition) is 1. The Hall–Kier alpha value is -3.09. The Balaban J connectivity index is 2.16. The molecular weight excluding hydrogens is 324 g/mol. The summed E-state index contributed by atoms with van der Waals surface area (Å²) in [4.78, 5) is 23.1. The van der Waals surface area contributed by atoms with E-state index in [-0.39, 0.29) is 11.4 Å². The number of hydrogen-bond acceptors (Lipinski definition) is 5. The van der Waals surface area contributed by atoms with Crippen molar-refractivity contribution in [2.24, 2.45) is 0 Å². The lowest BCUT2D eigenvalue weighted by Crippen LogP contribution is -2.32. The van der Waals surface area contributed by atoms with Crippen molar-refractivity contribution in [2.45, 2.75) is 26.4 Å². The molecule has 0 bridgehead atoms. The molecule has 7 heteroatoms. The van der Waals surface area contributed by atoms with E-state index < -0.39 is 16.9 Å². The van der Waals surface area contributed by atoms with Crippen molar-refractivity contribution in [3.8, 4) is 11.5 Å². The van der Waals surface area contributed by atoms with Crippen LogP contribution in [-0.4, -0.2) is 23.5 Å². The second-order valence-electron chi connectivity index (χ2n) is 5.19. The van der Waals surface area contributed by atoms with Crippen LogP contribution in [0, 0.1) is 10.1 Å². The van der Waals surface area contributed by atoms with Crippen LogP contribution in [0.25, 0.3) is 0 Å². The average molecular weight is 344 g/mol. The van der Waals surface area contributed by atoms with Gasteiger partial charge in [-0.15, -0.1) is 0 Å². The maximum Gasteiger partial charge on any atom is 0.296 e. The van der Waals surface area contributed by atoms with Gasteiger partial charge in [-0.2, -0.15) is 0 Å². The molecule has 7 nitrogen and oxygen atoms in total. The zero-order valence-electron chi connectivity index (χ0n) is 14.1. The van der Waals surface area contributed by atoms with E-state index >= 15 is 0 Å². The maximum atomic E-state index is 12.4. The third-order valence-electron chi connectivity index (χ3n) is 3.42. The van der Waals surface area contributed by atoms with Crippen LogP contribution in [0.2, 0.25) is 0 Å². The third-order valence-corrected chi connectivity index (χ3v) is 3.42. The van der Waals surface area contributed by atoms with Gasteiger partial charge in [-0.25, -0.2) is 0 Å². The normalized spacial score (nSPS) is 11.4. The maximum absolute atomic E-state index is 12.4. The molecular formula is C18H20N2O5. The molecule has 0 aliphatic carbocycles. The molecule has 0 aromatic heterocycles. The fourth-order valence-electron chi connectivity index (χ4n) is 2.22. The van der Waals surface area contributed by atoms with Gasteiger partial charge in [0.15, 0.2) is 6.10 Å². The van der Waals surface area contributed by atoms with Gasteiger partial charge in [-0.05, 0) is 37.6 Å².